The van der Waals surface area contributed by atoms with Gasteiger partial charge in [0.15, 0.2) is 0 Å². The van der Waals surface area contributed by atoms with Crippen molar-refractivity contribution in [3.05, 3.63) is 0 Å². The lowest BCUT2D eigenvalue weighted by Gasteiger charge is -2.25. The molecule has 0 N–H and O–H groups in total. The van der Waals surface area contributed by atoms with E-state index in [9.17, 15) is 4.79 Å². The van der Waals surface area contributed by atoms with Crippen LogP contribution in [0.3, 0.4) is 0 Å². The molecule has 0 spiro atoms. The van der Waals surface area contributed by atoms with Gasteiger partial charge < -0.3 is 4.79 Å². The molecule has 0 bridgehead atoms. The van der Waals surface area contributed by atoms with Gasteiger partial charge in [0.05, 0.1) is 8.07 Å². The molecule has 0 aromatic heterocycles. The predicted octanol–water partition coefficient (Wildman–Crippen LogP) is 3.47. The van der Waals surface area contributed by atoms with E-state index < -0.39 is 8.07 Å². The van der Waals surface area contributed by atoms with Crippen molar-refractivity contribution in [2.75, 3.05) is 0 Å². The molecule has 0 aliphatic carbocycles. The highest BCUT2D eigenvalue weighted by atomic mass is 28.3. The SMILES string of the molecule is CCC[Si](C)(CCC)CCC=O. The highest BCUT2D eigenvalue weighted by molar-refractivity contribution is 6.78. The molecular formula is C10H22OSi. The van der Waals surface area contributed by atoms with Crippen LogP contribution in [0, 0.1) is 0 Å². The zero-order chi connectivity index (χ0) is 9.45. The summed E-state index contributed by atoms with van der Waals surface area (Å²) in [5.41, 5.74) is 0. The zero-order valence-corrected chi connectivity index (χ0v) is 9.73. The standard InChI is InChI=1S/C10H22OSi/c1-4-8-12(3,9-5-2)10-6-7-11/h7H,4-6,8-10H2,1-3H3. The van der Waals surface area contributed by atoms with Crippen LogP contribution in [0.1, 0.15) is 33.1 Å². The van der Waals surface area contributed by atoms with Gasteiger partial charge in [-0.3, -0.25) is 0 Å². The van der Waals surface area contributed by atoms with Gasteiger partial charge in [0.1, 0.15) is 6.29 Å². The Labute approximate surface area is 77.6 Å². The molecule has 0 saturated heterocycles. The van der Waals surface area contributed by atoms with E-state index in [2.05, 4.69) is 20.4 Å². The molecule has 2 heteroatoms. The molecule has 1 nitrogen and oxygen atoms in total. The average molecular weight is 186 g/mol. The van der Waals surface area contributed by atoms with Gasteiger partial charge in [0.2, 0.25) is 0 Å². The van der Waals surface area contributed by atoms with Crippen molar-refractivity contribution in [3.8, 4) is 0 Å². The van der Waals surface area contributed by atoms with Gasteiger partial charge in [0, 0.05) is 6.42 Å². The highest BCUT2D eigenvalue weighted by Gasteiger charge is 2.23. The summed E-state index contributed by atoms with van der Waals surface area (Å²) < 4.78 is 0. The third-order valence-electron chi connectivity index (χ3n) is 2.57. The highest BCUT2D eigenvalue weighted by Crippen LogP contribution is 2.24. The fraction of sp³-hybridized carbons (Fsp3) is 0.900. The van der Waals surface area contributed by atoms with Crippen molar-refractivity contribution >= 4 is 14.4 Å². The molecule has 0 amide bonds. The van der Waals surface area contributed by atoms with Crippen LogP contribution in [0.25, 0.3) is 0 Å². The number of hydrogen-bond donors (Lipinski definition) is 0. The molecule has 0 aromatic carbocycles. The summed E-state index contributed by atoms with van der Waals surface area (Å²) in [5.74, 6) is 0. The first kappa shape index (κ1) is 11.9. The van der Waals surface area contributed by atoms with E-state index in [0.717, 1.165) is 12.7 Å². The summed E-state index contributed by atoms with van der Waals surface area (Å²) >= 11 is 0. The lowest BCUT2D eigenvalue weighted by atomic mass is 10.5. The smallest absolute Gasteiger partial charge is 0.119 e. The van der Waals surface area contributed by atoms with Gasteiger partial charge in [-0.25, -0.2) is 0 Å². The molecule has 0 rings (SSSR count). The minimum atomic E-state index is -1.00. The number of carbonyl (C=O) groups excluding carboxylic acids is 1. The molecule has 0 heterocycles. The maximum atomic E-state index is 10.3. The molecular weight excluding hydrogens is 164 g/mol. The Morgan fingerprint density at radius 1 is 1.08 bits per heavy atom. The molecule has 0 atom stereocenters. The Balaban J connectivity index is 3.88. The lowest BCUT2D eigenvalue weighted by molar-refractivity contribution is -0.107. The normalized spacial score (nSPS) is 11.6. The molecule has 0 aliphatic heterocycles. The van der Waals surface area contributed by atoms with Gasteiger partial charge in [-0.1, -0.05) is 51.4 Å². The fourth-order valence-electron chi connectivity index (χ4n) is 1.99. The van der Waals surface area contributed by atoms with Crippen LogP contribution in [-0.2, 0) is 4.79 Å². The zero-order valence-electron chi connectivity index (χ0n) is 8.73. The second-order valence-electron chi connectivity index (χ2n) is 4.02. The largest absolute Gasteiger partial charge is 0.303 e. The van der Waals surface area contributed by atoms with Crippen molar-refractivity contribution in [1.82, 2.24) is 0 Å². The molecule has 0 fully saturated rings. The first-order valence-electron chi connectivity index (χ1n) is 5.12. The van der Waals surface area contributed by atoms with Crippen LogP contribution in [0.15, 0.2) is 0 Å². The van der Waals surface area contributed by atoms with Crippen molar-refractivity contribution in [2.24, 2.45) is 0 Å². The molecule has 12 heavy (non-hydrogen) atoms. The van der Waals surface area contributed by atoms with E-state index in [4.69, 9.17) is 0 Å². The van der Waals surface area contributed by atoms with Crippen molar-refractivity contribution in [1.29, 1.82) is 0 Å². The second kappa shape index (κ2) is 6.41. The van der Waals surface area contributed by atoms with E-state index >= 15 is 0 Å². The lowest BCUT2D eigenvalue weighted by Crippen LogP contribution is -2.29. The van der Waals surface area contributed by atoms with Gasteiger partial charge in [-0.2, -0.15) is 0 Å². The van der Waals surface area contributed by atoms with Gasteiger partial charge in [0.25, 0.3) is 0 Å². The van der Waals surface area contributed by atoms with Crippen LogP contribution in [0.4, 0.5) is 0 Å². The summed E-state index contributed by atoms with van der Waals surface area (Å²) in [6.45, 7) is 6.95. The van der Waals surface area contributed by atoms with E-state index in [1.807, 2.05) is 0 Å². The van der Waals surface area contributed by atoms with Crippen molar-refractivity contribution in [2.45, 2.75) is 57.8 Å². The minimum Gasteiger partial charge on any atom is -0.303 e. The molecule has 72 valence electrons. The summed E-state index contributed by atoms with van der Waals surface area (Å²) in [7, 11) is -1.00. The number of carbonyl (C=O) groups is 1. The van der Waals surface area contributed by atoms with Crippen LogP contribution >= 0.6 is 0 Å². The van der Waals surface area contributed by atoms with Crippen LogP contribution < -0.4 is 0 Å². The topological polar surface area (TPSA) is 17.1 Å². The molecule has 0 radical (unpaired) electrons. The van der Waals surface area contributed by atoms with E-state index in [1.54, 1.807) is 0 Å². The maximum Gasteiger partial charge on any atom is 0.119 e. The van der Waals surface area contributed by atoms with E-state index in [0.29, 0.717) is 0 Å². The van der Waals surface area contributed by atoms with E-state index in [1.165, 1.54) is 31.0 Å². The van der Waals surface area contributed by atoms with Crippen molar-refractivity contribution < 1.29 is 4.79 Å². The second-order valence-corrected chi connectivity index (χ2v) is 9.14. The number of aldehydes is 1. The third kappa shape index (κ3) is 4.70. The first-order valence-corrected chi connectivity index (χ1v) is 8.24. The molecule has 0 aliphatic rings. The Bertz CT molecular complexity index is 117. The molecule has 0 unspecified atom stereocenters. The summed E-state index contributed by atoms with van der Waals surface area (Å²) in [5, 5.41) is 0. The predicted molar refractivity (Wildman–Crippen MR) is 57.3 cm³/mol. The Hall–Kier alpha value is -0.113. The number of rotatable bonds is 7. The van der Waals surface area contributed by atoms with Gasteiger partial charge in [-0.15, -0.1) is 0 Å². The number of hydrogen-bond acceptors (Lipinski definition) is 1. The third-order valence-corrected chi connectivity index (χ3v) is 7.48. The van der Waals surface area contributed by atoms with Gasteiger partial charge in [-0.05, 0) is 0 Å². The monoisotopic (exact) mass is 186 g/mol. The summed E-state index contributed by atoms with van der Waals surface area (Å²) in [4.78, 5) is 10.3. The van der Waals surface area contributed by atoms with E-state index in [-0.39, 0.29) is 0 Å². The fourth-order valence-corrected chi connectivity index (χ4v) is 5.97. The van der Waals surface area contributed by atoms with Gasteiger partial charge >= 0.3 is 0 Å². The molecule has 0 saturated carbocycles. The van der Waals surface area contributed by atoms with Crippen molar-refractivity contribution in [3.63, 3.8) is 0 Å². The average Bonchev–Trinajstić information content (AvgIpc) is 2.02. The Morgan fingerprint density at radius 3 is 1.92 bits per heavy atom. The first-order chi connectivity index (χ1) is 5.68. The minimum absolute atomic E-state index is 0.794. The molecule has 0 aromatic rings. The Morgan fingerprint density at radius 2 is 1.58 bits per heavy atom. The van der Waals surface area contributed by atoms with Crippen LogP contribution in [-0.4, -0.2) is 14.4 Å². The summed E-state index contributed by atoms with van der Waals surface area (Å²) in [6.07, 6.45) is 4.46. The summed E-state index contributed by atoms with van der Waals surface area (Å²) in [6, 6.07) is 4.00. The van der Waals surface area contributed by atoms with Crippen LogP contribution in [0.5, 0.6) is 0 Å². The Kier molecular flexibility index (Phi) is 6.35. The quantitative estimate of drug-likeness (QED) is 0.439. The maximum absolute atomic E-state index is 10.3. The van der Waals surface area contributed by atoms with Crippen LogP contribution in [0.2, 0.25) is 24.7 Å².